The molecular weight excluding hydrogens is 410 g/mol. The topological polar surface area (TPSA) is 82.1 Å². The molecule has 10 atom stereocenters. The first kappa shape index (κ1) is 23.4. The van der Waals surface area contributed by atoms with Crippen LogP contribution in [0.4, 0.5) is 0 Å². The summed E-state index contributed by atoms with van der Waals surface area (Å²) < 4.78 is 1.87. The number of rotatable bonds is 4. The Morgan fingerprint density at radius 2 is 1.97 bits per heavy atom. The Bertz CT molecular complexity index is 918. The minimum Gasteiger partial charge on any atom is -0.396 e. The zero-order chi connectivity index (χ0) is 23.6. The van der Waals surface area contributed by atoms with Crippen LogP contribution in [-0.4, -0.2) is 32.2 Å². The average Bonchev–Trinajstić information content (AvgIpc) is 3.38. The number of fused-ring (bicyclic) bond motifs is 5. The van der Waals surface area contributed by atoms with Crippen molar-refractivity contribution in [1.82, 2.24) is 9.78 Å². The summed E-state index contributed by atoms with van der Waals surface area (Å²) >= 11 is 0. The maximum absolute atomic E-state index is 10.9. The van der Waals surface area contributed by atoms with Crippen molar-refractivity contribution in [1.29, 1.82) is 5.26 Å². The highest BCUT2D eigenvalue weighted by molar-refractivity contribution is 5.21. The fraction of sp³-hybridized carbons (Fsp3) is 0.857. The second-order valence-electron chi connectivity index (χ2n) is 13.2. The summed E-state index contributed by atoms with van der Waals surface area (Å²) in [5.41, 5.74) is 0.132. The number of nitriles is 1. The SMILES string of the molecule is C[C@H]1C[C@H]2[C@H](CC[C@@H]3[C@@H]2CC[C@]2(C)[C@@H]([C@](C)(CO)Cn4cc(C#N)cn4)CC[C@@H]32)C[C@]1(C)O. The predicted octanol–water partition coefficient (Wildman–Crippen LogP) is 5.02. The summed E-state index contributed by atoms with van der Waals surface area (Å²) in [5, 5.41) is 35.1. The predicted molar refractivity (Wildman–Crippen MR) is 128 cm³/mol. The fourth-order valence-electron chi connectivity index (χ4n) is 9.54. The third kappa shape index (κ3) is 3.67. The van der Waals surface area contributed by atoms with Gasteiger partial charge >= 0.3 is 0 Å². The molecule has 5 rings (SSSR count). The van der Waals surface area contributed by atoms with Gasteiger partial charge in [0, 0.05) is 18.2 Å². The van der Waals surface area contributed by atoms with Gasteiger partial charge in [-0.25, -0.2) is 0 Å². The standard InChI is InChI=1S/C28H43N3O2/c1-18-11-23-20(12-28(18,4)33)5-6-22-21(23)9-10-27(3)24(22)7-8-25(27)26(2,17-32)16-31-15-19(13-29)14-30-31/h14-15,18,20-25,32-33H,5-12,16-17H2,1-4H3/t18-,20+,21-,22+,23-,24-,25+,26-,27-,28-/m0/s1. The van der Waals surface area contributed by atoms with E-state index in [1.54, 1.807) is 6.20 Å². The molecule has 5 nitrogen and oxygen atoms in total. The van der Waals surface area contributed by atoms with Crippen molar-refractivity contribution in [2.75, 3.05) is 6.61 Å². The Labute approximate surface area is 199 Å². The molecule has 0 unspecified atom stereocenters. The van der Waals surface area contributed by atoms with Gasteiger partial charge in [0.1, 0.15) is 6.07 Å². The highest BCUT2D eigenvalue weighted by Gasteiger charge is 2.61. The van der Waals surface area contributed by atoms with Crippen LogP contribution in [0.1, 0.15) is 84.6 Å². The number of hydrogen-bond acceptors (Lipinski definition) is 4. The van der Waals surface area contributed by atoms with Gasteiger partial charge < -0.3 is 10.2 Å². The maximum atomic E-state index is 10.9. The van der Waals surface area contributed by atoms with Crippen LogP contribution < -0.4 is 0 Å². The van der Waals surface area contributed by atoms with E-state index in [-0.39, 0.29) is 17.4 Å². The quantitative estimate of drug-likeness (QED) is 0.671. The van der Waals surface area contributed by atoms with Gasteiger partial charge in [-0.15, -0.1) is 0 Å². The van der Waals surface area contributed by atoms with Crippen molar-refractivity contribution >= 4 is 0 Å². The minimum atomic E-state index is -0.490. The minimum absolute atomic E-state index is 0.160. The molecule has 4 fully saturated rings. The molecule has 1 aromatic rings. The van der Waals surface area contributed by atoms with Gasteiger partial charge in [-0.2, -0.15) is 10.4 Å². The molecule has 0 aliphatic heterocycles. The van der Waals surface area contributed by atoms with E-state index in [0.717, 1.165) is 30.1 Å². The molecule has 0 aromatic carbocycles. The van der Waals surface area contributed by atoms with Crippen LogP contribution in [0, 0.1) is 63.6 Å². The highest BCUT2D eigenvalue weighted by Crippen LogP contribution is 2.67. The molecule has 0 saturated heterocycles. The van der Waals surface area contributed by atoms with Crippen LogP contribution in [0.5, 0.6) is 0 Å². The zero-order valence-electron chi connectivity index (χ0n) is 21.0. The van der Waals surface area contributed by atoms with E-state index >= 15 is 0 Å². The summed E-state index contributed by atoms with van der Waals surface area (Å²) in [7, 11) is 0. The molecule has 1 heterocycles. The number of nitrogens with zero attached hydrogens (tertiary/aromatic N) is 3. The summed E-state index contributed by atoms with van der Waals surface area (Å²) in [6.45, 7) is 9.93. The second kappa shape index (κ2) is 8.09. The first-order valence-corrected chi connectivity index (χ1v) is 13.4. The van der Waals surface area contributed by atoms with Crippen molar-refractivity contribution < 1.29 is 10.2 Å². The lowest BCUT2D eigenvalue weighted by atomic mass is 9.47. The summed E-state index contributed by atoms with van der Waals surface area (Å²) in [5.74, 6) is 4.74. The van der Waals surface area contributed by atoms with E-state index < -0.39 is 5.60 Å². The first-order valence-electron chi connectivity index (χ1n) is 13.4. The van der Waals surface area contributed by atoms with Gasteiger partial charge in [0.05, 0.1) is 24.0 Å². The molecule has 4 aliphatic rings. The van der Waals surface area contributed by atoms with E-state index in [1.165, 1.54) is 44.9 Å². The van der Waals surface area contributed by atoms with Crippen LogP contribution in [0.2, 0.25) is 0 Å². The van der Waals surface area contributed by atoms with Crippen LogP contribution in [0.25, 0.3) is 0 Å². The van der Waals surface area contributed by atoms with Crippen LogP contribution >= 0.6 is 0 Å². The van der Waals surface area contributed by atoms with Crippen LogP contribution in [0.15, 0.2) is 12.4 Å². The Morgan fingerprint density at radius 1 is 1.18 bits per heavy atom. The molecule has 182 valence electrons. The second-order valence-corrected chi connectivity index (χ2v) is 13.2. The van der Waals surface area contributed by atoms with Crippen LogP contribution in [-0.2, 0) is 6.54 Å². The lowest BCUT2D eigenvalue weighted by Crippen LogP contribution is -2.54. The smallest absolute Gasteiger partial charge is 0.102 e. The Morgan fingerprint density at radius 3 is 2.67 bits per heavy atom. The lowest BCUT2D eigenvalue weighted by Gasteiger charge is -2.59. The van der Waals surface area contributed by atoms with Gasteiger partial charge in [-0.05, 0) is 105 Å². The summed E-state index contributed by atoms with van der Waals surface area (Å²) in [4.78, 5) is 0. The maximum Gasteiger partial charge on any atom is 0.102 e. The molecule has 33 heavy (non-hydrogen) atoms. The van der Waals surface area contributed by atoms with Crippen molar-refractivity contribution in [2.24, 2.45) is 52.3 Å². The Balaban J connectivity index is 1.36. The molecule has 4 aliphatic carbocycles. The van der Waals surface area contributed by atoms with Gasteiger partial charge in [-0.1, -0.05) is 20.8 Å². The molecular formula is C28H43N3O2. The van der Waals surface area contributed by atoms with Crippen molar-refractivity contribution in [2.45, 2.75) is 91.2 Å². The Kier molecular flexibility index (Phi) is 5.73. The van der Waals surface area contributed by atoms with E-state index in [0.29, 0.717) is 29.9 Å². The zero-order valence-corrected chi connectivity index (χ0v) is 21.0. The number of aliphatic hydroxyl groups excluding tert-OH is 1. The number of aliphatic hydroxyl groups is 2. The molecule has 0 radical (unpaired) electrons. The van der Waals surface area contributed by atoms with Gasteiger partial charge in [0.15, 0.2) is 0 Å². The lowest BCUT2D eigenvalue weighted by molar-refractivity contribution is -0.131. The Hall–Kier alpha value is -1.38. The molecule has 0 spiro atoms. The molecule has 1 aromatic heterocycles. The van der Waals surface area contributed by atoms with Crippen LogP contribution in [0.3, 0.4) is 0 Å². The van der Waals surface area contributed by atoms with Crippen molar-refractivity contribution in [3.63, 3.8) is 0 Å². The van der Waals surface area contributed by atoms with Gasteiger partial charge in [-0.3, -0.25) is 4.68 Å². The summed E-state index contributed by atoms with van der Waals surface area (Å²) in [6.07, 6.45) is 13.3. The van der Waals surface area contributed by atoms with Gasteiger partial charge in [0.2, 0.25) is 0 Å². The first-order chi connectivity index (χ1) is 15.6. The number of aromatic nitrogens is 2. The fourth-order valence-corrected chi connectivity index (χ4v) is 9.54. The van der Waals surface area contributed by atoms with E-state index in [9.17, 15) is 15.5 Å². The van der Waals surface area contributed by atoms with E-state index in [1.807, 2.05) is 10.9 Å². The molecule has 2 N–H and O–H groups in total. The molecule has 4 saturated carbocycles. The van der Waals surface area contributed by atoms with Crippen molar-refractivity contribution in [3.8, 4) is 6.07 Å². The third-order valence-corrected chi connectivity index (χ3v) is 11.4. The van der Waals surface area contributed by atoms with Gasteiger partial charge in [0.25, 0.3) is 0 Å². The highest BCUT2D eigenvalue weighted by atomic mass is 16.3. The van der Waals surface area contributed by atoms with E-state index in [2.05, 4.69) is 38.9 Å². The summed E-state index contributed by atoms with van der Waals surface area (Å²) in [6, 6.07) is 2.17. The molecule has 0 bridgehead atoms. The monoisotopic (exact) mass is 453 g/mol. The third-order valence-electron chi connectivity index (χ3n) is 11.4. The van der Waals surface area contributed by atoms with Crippen molar-refractivity contribution in [3.05, 3.63) is 18.0 Å². The number of hydrogen-bond donors (Lipinski definition) is 2. The molecule has 0 amide bonds. The normalized spacial score (nSPS) is 46.5. The molecule has 5 heteroatoms. The van der Waals surface area contributed by atoms with E-state index in [4.69, 9.17) is 0 Å². The largest absolute Gasteiger partial charge is 0.396 e. The average molecular weight is 454 g/mol.